The molecule has 0 amide bonds. The van der Waals surface area contributed by atoms with Crippen molar-refractivity contribution in [3.05, 3.63) is 35.4 Å². The Labute approximate surface area is 134 Å². The SMILES string of the molecule is O=C(CCc1cccc(C(F)(F)F)c1)C1CC2CCCC(C1)N2. The van der Waals surface area contributed by atoms with Gasteiger partial charge in [-0.25, -0.2) is 0 Å². The highest BCUT2D eigenvalue weighted by Crippen LogP contribution is 2.32. The zero-order valence-electron chi connectivity index (χ0n) is 13.0. The summed E-state index contributed by atoms with van der Waals surface area (Å²) in [4.78, 5) is 12.4. The maximum Gasteiger partial charge on any atom is 0.416 e. The third kappa shape index (κ3) is 4.14. The summed E-state index contributed by atoms with van der Waals surface area (Å²) < 4.78 is 38.1. The maximum absolute atomic E-state index is 12.7. The van der Waals surface area contributed by atoms with E-state index in [0.29, 0.717) is 30.5 Å². The van der Waals surface area contributed by atoms with Crippen molar-refractivity contribution in [2.24, 2.45) is 5.92 Å². The molecule has 0 saturated carbocycles. The van der Waals surface area contributed by atoms with Crippen molar-refractivity contribution in [1.82, 2.24) is 5.32 Å². The number of aryl methyl sites for hydroxylation is 1. The third-order valence-corrected chi connectivity index (χ3v) is 5.08. The molecule has 1 N–H and O–H groups in total. The van der Waals surface area contributed by atoms with Crippen LogP contribution in [0.25, 0.3) is 0 Å². The van der Waals surface area contributed by atoms with E-state index in [1.54, 1.807) is 6.07 Å². The lowest BCUT2D eigenvalue weighted by molar-refractivity contribution is -0.137. The Bertz CT molecular complexity index is 558. The van der Waals surface area contributed by atoms with Gasteiger partial charge in [0.25, 0.3) is 0 Å². The summed E-state index contributed by atoms with van der Waals surface area (Å²) in [5.74, 6) is 0.290. The minimum Gasteiger partial charge on any atom is -0.311 e. The molecule has 23 heavy (non-hydrogen) atoms. The molecule has 2 fully saturated rings. The lowest BCUT2D eigenvalue weighted by atomic mass is 9.77. The number of carbonyl (C=O) groups excluding carboxylic acids is 1. The molecule has 2 unspecified atom stereocenters. The number of hydrogen-bond acceptors (Lipinski definition) is 2. The molecular weight excluding hydrogens is 303 g/mol. The quantitative estimate of drug-likeness (QED) is 0.902. The van der Waals surface area contributed by atoms with Crippen LogP contribution in [0.3, 0.4) is 0 Å². The fourth-order valence-electron chi connectivity index (χ4n) is 3.90. The number of nitrogens with one attached hydrogen (secondary N) is 1. The first-order chi connectivity index (χ1) is 10.9. The van der Waals surface area contributed by atoms with Gasteiger partial charge in [-0.1, -0.05) is 24.6 Å². The van der Waals surface area contributed by atoms with Crippen LogP contribution in [-0.4, -0.2) is 17.9 Å². The van der Waals surface area contributed by atoms with E-state index in [9.17, 15) is 18.0 Å². The van der Waals surface area contributed by atoms with Crippen molar-refractivity contribution in [2.75, 3.05) is 0 Å². The van der Waals surface area contributed by atoms with Crippen LogP contribution in [0, 0.1) is 5.92 Å². The summed E-state index contributed by atoms with van der Waals surface area (Å²) in [5, 5.41) is 3.56. The number of piperidine rings is 2. The van der Waals surface area contributed by atoms with Gasteiger partial charge in [-0.2, -0.15) is 13.2 Å². The van der Waals surface area contributed by atoms with E-state index in [-0.39, 0.29) is 11.7 Å². The Morgan fingerprint density at radius 1 is 1.17 bits per heavy atom. The highest BCUT2D eigenvalue weighted by molar-refractivity contribution is 5.81. The van der Waals surface area contributed by atoms with Crippen LogP contribution in [0.5, 0.6) is 0 Å². The molecule has 2 atom stereocenters. The van der Waals surface area contributed by atoms with Gasteiger partial charge in [0, 0.05) is 24.4 Å². The summed E-state index contributed by atoms with van der Waals surface area (Å²) in [6.45, 7) is 0. The van der Waals surface area contributed by atoms with Gasteiger partial charge in [0.2, 0.25) is 0 Å². The normalized spacial score (nSPS) is 27.7. The number of benzene rings is 1. The molecule has 3 rings (SSSR count). The van der Waals surface area contributed by atoms with Gasteiger partial charge in [0.15, 0.2) is 0 Å². The van der Waals surface area contributed by atoms with E-state index in [2.05, 4.69) is 5.32 Å². The van der Waals surface area contributed by atoms with Gasteiger partial charge in [-0.05, 0) is 43.7 Å². The average Bonchev–Trinajstić information content (AvgIpc) is 2.51. The van der Waals surface area contributed by atoms with Crippen LogP contribution < -0.4 is 5.32 Å². The van der Waals surface area contributed by atoms with Crippen LogP contribution in [-0.2, 0) is 17.4 Å². The summed E-state index contributed by atoms with van der Waals surface area (Å²) in [6.07, 6.45) is 1.67. The van der Waals surface area contributed by atoms with E-state index < -0.39 is 11.7 Å². The standard InChI is InChI=1S/C18H22F3NO/c19-18(20,21)14-4-1-3-12(9-14)7-8-17(23)13-10-15-5-2-6-16(11-13)22-15/h1,3-4,9,13,15-16,22H,2,5-8,10-11H2. The first-order valence-electron chi connectivity index (χ1n) is 8.37. The highest BCUT2D eigenvalue weighted by Gasteiger charge is 2.34. The number of hydrogen-bond donors (Lipinski definition) is 1. The molecule has 2 bridgehead atoms. The first kappa shape index (κ1) is 16.5. The molecule has 2 saturated heterocycles. The van der Waals surface area contributed by atoms with E-state index in [4.69, 9.17) is 0 Å². The van der Waals surface area contributed by atoms with Crippen LogP contribution in [0.4, 0.5) is 13.2 Å². The zero-order chi connectivity index (χ0) is 16.4. The summed E-state index contributed by atoms with van der Waals surface area (Å²) in [5.41, 5.74) is -0.0545. The van der Waals surface area contributed by atoms with Gasteiger partial charge in [-0.3, -0.25) is 4.79 Å². The fourth-order valence-corrected chi connectivity index (χ4v) is 3.90. The molecular formula is C18H22F3NO. The van der Waals surface area contributed by atoms with Crippen molar-refractivity contribution in [3.63, 3.8) is 0 Å². The highest BCUT2D eigenvalue weighted by atomic mass is 19.4. The lowest BCUT2D eigenvalue weighted by Crippen LogP contribution is -2.50. The van der Waals surface area contributed by atoms with Crippen molar-refractivity contribution in [3.8, 4) is 0 Å². The average molecular weight is 325 g/mol. The maximum atomic E-state index is 12.7. The van der Waals surface area contributed by atoms with Crippen molar-refractivity contribution >= 4 is 5.78 Å². The van der Waals surface area contributed by atoms with E-state index in [1.165, 1.54) is 12.5 Å². The van der Waals surface area contributed by atoms with Gasteiger partial charge in [0.05, 0.1) is 5.56 Å². The summed E-state index contributed by atoms with van der Waals surface area (Å²) in [7, 11) is 0. The molecule has 0 radical (unpaired) electrons. The number of fused-ring (bicyclic) bond motifs is 2. The topological polar surface area (TPSA) is 29.1 Å². The van der Waals surface area contributed by atoms with E-state index in [1.807, 2.05) is 0 Å². The van der Waals surface area contributed by atoms with Crippen LogP contribution >= 0.6 is 0 Å². The lowest BCUT2D eigenvalue weighted by Gasteiger charge is -2.39. The van der Waals surface area contributed by atoms with Gasteiger partial charge >= 0.3 is 6.18 Å². The molecule has 2 aliphatic heterocycles. The number of rotatable bonds is 4. The third-order valence-electron chi connectivity index (χ3n) is 5.08. The minimum atomic E-state index is -4.33. The number of alkyl halides is 3. The zero-order valence-corrected chi connectivity index (χ0v) is 13.0. The Morgan fingerprint density at radius 3 is 2.52 bits per heavy atom. The molecule has 2 aliphatic rings. The Kier molecular flexibility index (Phi) is 4.76. The molecule has 1 aromatic rings. The largest absolute Gasteiger partial charge is 0.416 e. The van der Waals surface area contributed by atoms with Crippen molar-refractivity contribution in [1.29, 1.82) is 0 Å². The number of carbonyl (C=O) groups is 1. The molecule has 0 spiro atoms. The molecule has 0 aromatic heterocycles. The second-order valence-electron chi connectivity index (χ2n) is 6.82. The Morgan fingerprint density at radius 2 is 1.87 bits per heavy atom. The van der Waals surface area contributed by atoms with Crippen molar-refractivity contribution in [2.45, 2.75) is 63.2 Å². The first-order valence-corrected chi connectivity index (χ1v) is 8.37. The Balaban J connectivity index is 1.57. The van der Waals surface area contributed by atoms with Crippen LogP contribution in [0.1, 0.15) is 49.7 Å². The Hall–Kier alpha value is -1.36. The van der Waals surface area contributed by atoms with Crippen LogP contribution in [0.2, 0.25) is 0 Å². The molecule has 0 aliphatic carbocycles. The second-order valence-corrected chi connectivity index (χ2v) is 6.82. The van der Waals surface area contributed by atoms with Gasteiger partial charge in [-0.15, -0.1) is 0 Å². The van der Waals surface area contributed by atoms with E-state index >= 15 is 0 Å². The fraction of sp³-hybridized carbons (Fsp3) is 0.611. The minimum absolute atomic E-state index is 0.0809. The molecule has 5 heteroatoms. The molecule has 1 aromatic carbocycles. The monoisotopic (exact) mass is 325 g/mol. The molecule has 2 heterocycles. The number of halogens is 3. The summed E-state index contributed by atoms with van der Waals surface area (Å²) >= 11 is 0. The number of ketones is 1. The van der Waals surface area contributed by atoms with E-state index in [0.717, 1.165) is 37.8 Å². The number of Topliss-reactive ketones (excluding diaryl/α,β-unsaturated/α-hetero) is 1. The molecule has 2 nitrogen and oxygen atoms in total. The van der Waals surface area contributed by atoms with Crippen LogP contribution in [0.15, 0.2) is 24.3 Å². The van der Waals surface area contributed by atoms with Gasteiger partial charge < -0.3 is 5.32 Å². The summed E-state index contributed by atoms with van der Waals surface area (Å²) in [6, 6.07) is 6.20. The predicted molar refractivity (Wildman–Crippen MR) is 82.1 cm³/mol. The smallest absolute Gasteiger partial charge is 0.311 e. The van der Waals surface area contributed by atoms with Crippen molar-refractivity contribution < 1.29 is 18.0 Å². The predicted octanol–water partition coefficient (Wildman–Crippen LogP) is 4.13. The second kappa shape index (κ2) is 6.63. The van der Waals surface area contributed by atoms with Gasteiger partial charge in [0.1, 0.15) is 5.78 Å². The molecule has 126 valence electrons.